The third-order valence-electron chi connectivity index (χ3n) is 3.18. The number of hydrogen-bond donors (Lipinski definition) is 0. The first-order valence-corrected chi connectivity index (χ1v) is 7.94. The van der Waals surface area contributed by atoms with Gasteiger partial charge in [0, 0.05) is 16.7 Å². The van der Waals surface area contributed by atoms with Gasteiger partial charge in [0.15, 0.2) is 0 Å². The summed E-state index contributed by atoms with van der Waals surface area (Å²) < 4.78 is 1.05. The van der Waals surface area contributed by atoms with Crippen molar-refractivity contribution in [3.8, 4) is 0 Å². The molecule has 3 heteroatoms. The molecule has 1 amide bonds. The second-order valence-electron chi connectivity index (χ2n) is 4.42. The highest BCUT2D eigenvalue weighted by Crippen LogP contribution is 2.28. The molecule has 20 heavy (non-hydrogen) atoms. The number of rotatable bonds is 2. The van der Waals surface area contributed by atoms with Crippen molar-refractivity contribution in [2.45, 2.75) is 26.9 Å². The molecule has 2 aromatic carbocycles. The van der Waals surface area contributed by atoms with Crippen molar-refractivity contribution in [3.63, 3.8) is 0 Å². The van der Waals surface area contributed by atoms with Crippen LogP contribution in [0.1, 0.15) is 35.3 Å². The third-order valence-corrected chi connectivity index (χ3v) is 4.08. The average molecular weight is 379 g/mol. The molecule has 0 saturated heterocycles. The van der Waals surface area contributed by atoms with Crippen molar-refractivity contribution >= 4 is 28.5 Å². The molecule has 0 aliphatic carbocycles. The number of halogens is 1. The first kappa shape index (κ1) is 15.0. The Labute approximate surface area is 133 Å². The van der Waals surface area contributed by atoms with Crippen molar-refractivity contribution in [1.29, 1.82) is 0 Å². The van der Waals surface area contributed by atoms with E-state index in [4.69, 9.17) is 0 Å². The molecule has 3 rings (SSSR count). The molecule has 1 aliphatic rings. The van der Waals surface area contributed by atoms with E-state index in [0.717, 1.165) is 21.2 Å². The molecular formula is C17H18INO. The summed E-state index contributed by atoms with van der Waals surface area (Å²) in [4.78, 5) is 14.2. The van der Waals surface area contributed by atoms with Gasteiger partial charge < -0.3 is 4.90 Å². The number of amides is 1. The van der Waals surface area contributed by atoms with Crippen LogP contribution < -0.4 is 0 Å². The van der Waals surface area contributed by atoms with Gasteiger partial charge in [-0.1, -0.05) is 56.3 Å². The molecule has 0 fully saturated rings. The van der Waals surface area contributed by atoms with E-state index in [9.17, 15) is 4.79 Å². The molecular weight excluding hydrogens is 361 g/mol. The standard InChI is InChI=1S/C15H12INO.C2H6/c16-13-8-4-7-12-10-17(15(18)14(12)13)9-11-5-2-1-3-6-11;1-2/h1-8H,9-10H2;1-2H3. The van der Waals surface area contributed by atoms with Gasteiger partial charge in [-0.15, -0.1) is 0 Å². The van der Waals surface area contributed by atoms with E-state index in [1.807, 2.05) is 55.1 Å². The van der Waals surface area contributed by atoms with Crippen molar-refractivity contribution in [2.75, 3.05) is 0 Å². The minimum Gasteiger partial charge on any atom is -0.330 e. The summed E-state index contributed by atoms with van der Waals surface area (Å²) in [6, 6.07) is 16.2. The van der Waals surface area contributed by atoms with Gasteiger partial charge in [0.05, 0.1) is 5.56 Å². The van der Waals surface area contributed by atoms with E-state index < -0.39 is 0 Å². The summed E-state index contributed by atoms with van der Waals surface area (Å²) in [7, 11) is 0. The summed E-state index contributed by atoms with van der Waals surface area (Å²) in [5.41, 5.74) is 3.20. The minimum atomic E-state index is 0.152. The zero-order valence-corrected chi connectivity index (χ0v) is 13.9. The Hall–Kier alpha value is -1.36. The first-order chi connectivity index (χ1) is 9.75. The van der Waals surface area contributed by atoms with Gasteiger partial charge in [-0.2, -0.15) is 0 Å². The van der Waals surface area contributed by atoms with E-state index in [1.165, 1.54) is 5.56 Å². The number of nitrogens with zero attached hydrogens (tertiary/aromatic N) is 1. The van der Waals surface area contributed by atoms with E-state index in [0.29, 0.717) is 6.54 Å². The second kappa shape index (κ2) is 6.88. The lowest BCUT2D eigenvalue weighted by molar-refractivity contribution is 0.0766. The van der Waals surface area contributed by atoms with Gasteiger partial charge in [-0.3, -0.25) is 4.79 Å². The maximum Gasteiger partial charge on any atom is 0.255 e. The molecule has 0 radical (unpaired) electrons. The molecule has 0 aromatic heterocycles. The quantitative estimate of drug-likeness (QED) is 0.705. The smallest absolute Gasteiger partial charge is 0.255 e. The number of benzene rings is 2. The van der Waals surface area contributed by atoms with Crippen LogP contribution in [0.4, 0.5) is 0 Å². The minimum absolute atomic E-state index is 0.152. The monoisotopic (exact) mass is 379 g/mol. The largest absolute Gasteiger partial charge is 0.330 e. The van der Waals surface area contributed by atoms with Crippen LogP contribution in [-0.2, 0) is 13.1 Å². The third kappa shape index (κ3) is 3.03. The van der Waals surface area contributed by atoms with E-state index >= 15 is 0 Å². The lowest BCUT2D eigenvalue weighted by atomic mass is 10.1. The van der Waals surface area contributed by atoms with Crippen molar-refractivity contribution < 1.29 is 4.79 Å². The summed E-state index contributed by atoms with van der Waals surface area (Å²) >= 11 is 2.23. The van der Waals surface area contributed by atoms with Crippen LogP contribution >= 0.6 is 22.6 Å². The van der Waals surface area contributed by atoms with Gasteiger partial charge in [-0.05, 0) is 39.8 Å². The van der Waals surface area contributed by atoms with Gasteiger partial charge in [0.2, 0.25) is 0 Å². The fourth-order valence-electron chi connectivity index (χ4n) is 2.31. The highest BCUT2D eigenvalue weighted by Gasteiger charge is 2.28. The van der Waals surface area contributed by atoms with Crippen LogP contribution in [0, 0.1) is 3.57 Å². The molecule has 0 unspecified atom stereocenters. The molecule has 1 aliphatic heterocycles. The van der Waals surface area contributed by atoms with Crippen LogP contribution in [0.2, 0.25) is 0 Å². The number of fused-ring (bicyclic) bond motifs is 1. The van der Waals surface area contributed by atoms with E-state index in [-0.39, 0.29) is 5.91 Å². The SMILES string of the molecule is CC.O=C1c2c(I)cccc2CN1Cc1ccccc1. The predicted molar refractivity (Wildman–Crippen MR) is 90.5 cm³/mol. The molecule has 0 N–H and O–H groups in total. The average Bonchev–Trinajstić information content (AvgIpc) is 2.80. The first-order valence-electron chi connectivity index (χ1n) is 6.86. The fraction of sp³-hybridized carbons (Fsp3) is 0.235. The van der Waals surface area contributed by atoms with Crippen LogP contribution in [0.5, 0.6) is 0 Å². The Kier molecular flexibility index (Phi) is 5.17. The zero-order valence-electron chi connectivity index (χ0n) is 11.8. The molecule has 2 nitrogen and oxygen atoms in total. The van der Waals surface area contributed by atoms with Crippen molar-refractivity contribution in [3.05, 3.63) is 68.8 Å². The van der Waals surface area contributed by atoms with Gasteiger partial charge in [-0.25, -0.2) is 0 Å². The molecule has 0 bridgehead atoms. The number of hydrogen-bond acceptors (Lipinski definition) is 1. The Bertz CT molecular complexity index is 595. The summed E-state index contributed by atoms with van der Waals surface area (Å²) in [6.07, 6.45) is 0. The normalized spacial score (nSPS) is 12.8. The zero-order chi connectivity index (χ0) is 14.5. The lowest BCUT2D eigenvalue weighted by Gasteiger charge is -2.15. The van der Waals surface area contributed by atoms with Crippen LogP contribution in [0.3, 0.4) is 0 Å². The van der Waals surface area contributed by atoms with Crippen molar-refractivity contribution in [1.82, 2.24) is 4.90 Å². The summed E-state index contributed by atoms with van der Waals surface area (Å²) in [5.74, 6) is 0.152. The summed E-state index contributed by atoms with van der Waals surface area (Å²) in [5, 5.41) is 0. The number of carbonyl (C=O) groups excluding carboxylic acids is 1. The van der Waals surface area contributed by atoms with Crippen LogP contribution in [0.15, 0.2) is 48.5 Å². The van der Waals surface area contributed by atoms with Gasteiger partial charge >= 0.3 is 0 Å². The van der Waals surface area contributed by atoms with Gasteiger partial charge in [0.1, 0.15) is 0 Å². The Balaban J connectivity index is 0.000000704. The Morgan fingerprint density at radius 1 is 1.05 bits per heavy atom. The fourth-order valence-corrected chi connectivity index (χ4v) is 3.09. The van der Waals surface area contributed by atoms with Crippen molar-refractivity contribution in [2.24, 2.45) is 0 Å². The Morgan fingerprint density at radius 3 is 2.40 bits per heavy atom. The van der Waals surface area contributed by atoms with Crippen LogP contribution in [0.25, 0.3) is 0 Å². The highest BCUT2D eigenvalue weighted by atomic mass is 127. The predicted octanol–water partition coefficient (Wildman–Crippen LogP) is 4.47. The highest BCUT2D eigenvalue weighted by molar-refractivity contribution is 14.1. The molecule has 0 saturated carbocycles. The molecule has 0 spiro atoms. The van der Waals surface area contributed by atoms with E-state index in [2.05, 4.69) is 34.7 Å². The lowest BCUT2D eigenvalue weighted by Crippen LogP contribution is -2.23. The maximum absolute atomic E-state index is 12.3. The second-order valence-corrected chi connectivity index (χ2v) is 5.58. The molecule has 0 atom stereocenters. The van der Waals surface area contributed by atoms with Gasteiger partial charge in [0.25, 0.3) is 5.91 Å². The maximum atomic E-state index is 12.3. The number of carbonyl (C=O) groups is 1. The van der Waals surface area contributed by atoms with Crippen LogP contribution in [-0.4, -0.2) is 10.8 Å². The topological polar surface area (TPSA) is 20.3 Å². The van der Waals surface area contributed by atoms with E-state index in [1.54, 1.807) is 0 Å². The molecule has 1 heterocycles. The molecule has 104 valence electrons. The summed E-state index contributed by atoms with van der Waals surface area (Å²) in [6.45, 7) is 5.41. The Morgan fingerprint density at radius 2 is 1.75 bits per heavy atom. The molecule has 2 aromatic rings.